The van der Waals surface area contributed by atoms with Crippen molar-refractivity contribution < 1.29 is 14.2 Å². The molecule has 0 aliphatic carbocycles. The van der Waals surface area contributed by atoms with E-state index >= 15 is 0 Å². The molecule has 2 aliphatic heterocycles. The summed E-state index contributed by atoms with van der Waals surface area (Å²) >= 11 is 3.48. The van der Waals surface area contributed by atoms with Crippen LogP contribution in [0.15, 0.2) is 39.9 Å². The maximum absolute atomic E-state index is 12.6. The van der Waals surface area contributed by atoms with Gasteiger partial charge in [-0.25, -0.2) is 9.36 Å². The van der Waals surface area contributed by atoms with Gasteiger partial charge in [-0.2, -0.15) is 4.57 Å². The molecule has 7 nitrogen and oxygen atoms in total. The van der Waals surface area contributed by atoms with Gasteiger partial charge in [0, 0.05) is 18.6 Å². The third-order valence-electron chi connectivity index (χ3n) is 4.40. The predicted octanol–water partition coefficient (Wildman–Crippen LogP) is 1.94. The number of benzene rings is 1. The summed E-state index contributed by atoms with van der Waals surface area (Å²) in [6.07, 6.45) is 1.90. The van der Waals surface area contributed by atoms with E-state index in [-0.39, 0.29) is 11.9 Å². The lowest BCUT2D eigenvalue weighted by Crippen LogP contribution is -2.61. The Hall–Kier alpha value is -2.48. The van der Waals surface area contributed by atoms with Gasteiger partial charge in [0.1, 0.15) is 17.6 Å². The number of halogens is 1. The van der Waals surface area contributed by atoms with E-state index < -0.39 is 6.04 Å². The van der Waals surface area contributed by atoms with Crippen LogP contribution in [0.25, 0.3) is 5.69 Å². The first-order chi connectivity index (χ1) is 11.4. The molecular weight excluding hydrogens is 374 g/mol. The van der Waals surface area contributed by atoms with Crippen molar-refractivity contribution in [2.24, 2.45) is 4.99 Å². The molecule has 1 atom stereocenters. The van der Waals surface area contributed by atoms with Gasteiger partial charge in [0.15, 0.2) is 0 Å². The number of aryl methyl sites for hydroxylation is 1. The van der Waals surface area contributed by atoms with Gasteiger partial charge in [-0.05, 0) is 25.1 Å². The van der Waals surface area contributed by atoms with E-state index in [1.165, 1.54) is 11.9 Å². The Kier molecular flexibility index (Phi) is 3.14. The van der Waals surface area contributed by atoms with Gasteiger partial charge in [0.2, 0.25) is 11.9 Å². The molecule has 0 radical (unpaired) electrons. The smallest absolute Gasteiger partial charge is 0.270 e. The van der Waals surface area contributed by atoms with Gasteiger partial charge in [0.25, 0.3) is 5.91 Å². The van der Waals surface area contributed by atoms with Crippen LogP contribution in [0.2, 0.25) is 0 Å². The summed E-state index contributed by atoms with van der Waals surface area (Å²) in [7, 11) is 3.13. The van der Waals surface area contributed by atoms with E-state index in [1.54, 1.807) is 7.05 Å². The van der Waals surface area contributed by atoms with Crippen LogP contribution in [-0.2, 0) is 4.79 Å². The Morgan fingerprint density at radius 3 is 2.67 bits per heavy atom. The lowest BCUT2D eigenvalue weighted by atomic mass is 10.2. The highest BCUT2D eigenvalue weighted by atomic mass is 79.9. The van der Waals surface area contributed by atoms with Crippen molar-refractivity contribution in [3.8, 4) is 5.69 Å². The highest BCUT2D eigenvalue weighted by molar-refractivity contribution is 9.10. The van der Waals surface area contributed by atoms with Gasteiger partial charge in [-0.1, -0.05) is 27.0 Å². The third kappa shape index (κ3) is 1.89. The van der Waals surface area contributed by atoms with Gasteiger partial charge >= 0.3 is 12.0 Å². The van der Waals surface area contributed by atoms with E-state index in [9.17, 15) is 9.59 Å². The summed E-state index contributed by atoms with van der Waals surface area (Å²) in [6.45, 7) is 1.97. The van der Waals surface area contributed by atoms with E-state index in [0.717, 1.165) is 20.8 Å². The molecule has 0 bridgehead atoms. The summed E-state index contributed by atoms with van der Waals surface area (Å²) < 4.78 is 4.76. The molecule has 1 aromatic heterocycles. The Morgan fingerprint density at radius 1 is 1.21 bits per heavy atom. The molecule has 1 unspecified atom stereocenters. The summed E-state index contributed by atoms with van der Waals surface area (Å²) in [6, 6.07) is 6.89. The number of amidine groups is 1. The summed E-state index contributed by atoms with van der Waals surface area (Å²) in [4.78, 5) is 31.9. The number of hydrogen-bond donors (Lipinski definition) is 0. The van der Waals surface area contributed by atoms with Crippen molar-refractivity contribution in [3.63, 3.8) is 0 Å². The third-order valence-corrected chi connectivity index (χ3v) is 4.89. The summed E-state index contributed by atoms with van der Waals surface area (Å²) in [5, 5.41) is 0. The van der Waals surface area contributed by atoms with Gasteiger partial charge < -0.3 is 0 Å². The van der Waals surface area contributed by atoms with Crippen molar-refractivity contribution >= 4 is 39.7 Å². The molecule has 2 aliphatic rings. The Balaban J connectivity index is 1.92. The molecule has 1 aromatic carbocycles. The Labute approximate surface area is 146 Å². The van der Waals surface area contributed by atoms with Crippen LogP contribution in [0.4, 0.5) is 10.7 Å². The molecule has 4 rings (SSSR count). The number of fused-ring (bicyclic) bond motifs is 3. The number of urea groups is 1. The SMILES string of the molecule is Cc1c[n+]2c(n1-c1cccc(Br)c1)N=C1C2C(=O)N(C)C(=O)N1C. The number of hydrogen-bond acceptors (Lipinski definition) is 3. The fourth-order valence-corrected chi connectivity index (χ4v) is 3.59. The lowest BCUT2D eigenvalue weighted by molar-refractivity contribution is -0.676. The molecule has 1 saturated heterocycles. The van der Waals surface area contributed by atoms with Gasteiger partial charge in [-0.3, -0.25) is 14.6 Å². The lowest BCUT2D eigenvalue weighted by Gasteiger charge is -2.30. The second-order valence-electron chi connectivity index (χ2n) is 5.90. The first-order valence-corrected chi connectivity index (χ1v) is 8.22. The topological polar surface area (TPSA) is 61.8 Å². The molecule has 8 heteroatoms. The average molecular weight is 389 g/mol. The van der Waals surface area contributed by atoms with Crippen molar-refractivity contribution in [3.05, 3.63) is 40.6 Å². The quantitative estimate of drug-likeness (QED) is 0.700. The van der Waals surface area contributed by atoms with Crippen molar-refractivity contribution in [2.45, 2.75) is 13.0 Å². The van der Waals surface area contributed by atoms with E-state index in [4.69, 9.17) is 0 Å². The summed E-state index contributed by atoms with van der Waals surface area (Å²) in [5.41, 5.74) is 1.90. The molecular formula is C16H15BrN5O2+. The van der Waals surface area contributed by atoms with Crippen LogP contribution >= 0.6 is 15.9 Å². The first kappa shape index (κ1) is 15.1. The largest absolute Gasteiger partial charge is 0.406 e. The van der Waals surface area contributed by atoms with E-state index in [0.29, 0.717) is 11.8 Å². The minimum Gasteiger partial charge on any atom is -0.270 e. The van der Waals surface area contributed by atoms with E-state index in [1.807, 2.05) is 46.5 Å². The monoisotopic (exact) mass is 388 g/mol. The maximum atomic E-state index is 12.6. The first-order valence-electron chi connectivity index (χ1n) is 7.43. The fourth-order valence-electron chi connectivity index (χ4n) is 3.20. The van der Waals surface area contributed by atoms with Gasteiger partial charge in [0.05, 0.1) is 0 Å². The van der Waals surface area contributed by atoms with Crippen molar-refractivity contribution in [1.29, 1.82) is 0 Å². The predicted molar refractivity (Wildman–Crippen MR) is 90.5 cm³/mol. The number of carbonyl (C=O) groups excluding carboxylic acids is 2. The molecule has 3 heterocycles. The molecule has 2 aromatic rings. The van der Waals surface area contributed by atoms with Gasteiger partial charge in [-0.15, -0.1) is 0 Å². The molecule has 122 valence electrons. The number of carbonyl (C=O) groups is 2. The number of aromatic nitrogens is 2. The zero-order valence-electron chi connectivity index (χ0n) is 13.4. The molecule has 0 saturated carbocycles. The normalized spacial score (nSPS) is 19.5. The van der Waals surface area contributed by atoms with Crippen molar-refractivity contribution in [1.82, 2.24) is 14.4 Å². The van der Waals surface area contributed by atoms with Crippen LogP contribution in [0.3, 0.4) is 0 Å². The minimum atomic E-state index is -0.597. The number of nitrogens with zero attached hydrogens (tertiary/aromatic N) is 5. The molecule has 3 amide bonds. The number of aliphatic imine (C=N–C) groups is 1. The highest BCUT2D eigenvalue weighted by Crippen LogP contribution is 2.31. The zero-order chi connectivity index (χ0) is 17.2. The van der Waals surface area contributed by atoms with E-state index in [2.05, 4.69) is 20.9 Å². The number of rotatable bonds is 1. The molecule has 0 N–H and O–H groups in total. The number of likely N-dealkylation sites (N-methyl/N-ethyl adjacent to an activating group) is 2. The average Bonchev–Trinajstić information content (AvgIpc) is 3.05. The maximum Gasteiger partial charge on any atom is 0.406 e. The van der Waals surface area contributed by atoms with Crippen LogP contribution in [0, 0.1) is 6.92 Å². The van der Waals surface area contributed by atoms with Crippen LogP contribution in [0.1, 0.15) is 11.7 Å². The van der Waals surface area contributed by atoms with Crippen LogP contribution in [-0.4, -0.2) is 46.2 Å². The zero-order valence-corrected chi connectivity index (χ0v) is 15.0. The number of imide groups is 1. The highest BCUT2D eigenvalue weighted by Gasteiger charge is 2.52. The second kappa shape index (κ2) is 5.01. The molecule has 0 spiro atoms. The molecule has 24 heavy (non-hydrogen) atoms. The fraction of sp³-hybridized carbons (Fsp3) is 0.250. The van der Waals surface area contributed by atoms with Crippen LogP contribution < -0.4 is 4.57 Å². The Bertz CT molecular complexity index is 933. The summed E-state index contributed by atoms with van der Waals surface area (Å²) in [5.74, 6) is 0.822. The molecule has 1 fully saturated rings. The number of amides is 3. The standard InChI is InChI=1S/C16H15BrN5O2/c1-9-8-21-12-13(19(2)16(24)20(3)14(12)23)18-15(21)22(9)11-6-4-5-10(17)7-11/h4-8,12H,1-3H3/q+1. The van der Waals surface area contributed by atoms with Crippen LogP contribution in [0.5, 0.6) is 0 Å². The van der Waals surface area contributed by atoms with Crippen molar-refractivity contribution in [2.75, 3.05) is 14.1 Å². The Morgan fingerprint density at radius 2 is 1.96 bits per heavy atom. The number of imidazole rings is 1. The minimum absolute atomic E-state index is 0.271. The second-order valence-corrected chi connectivity index (χ2v) is 6.82.